The van der Waals surface area contributed by atoms with Crippen LogP contribution in [0.4, 0.5) is 0 Å². The number of aromatic nitrogens is 3. The van der Waals surface area contributed by atoms with Gasteiger partial charge in [-0.15, -0.1) is 10.2 Å². The largest absolute Gasteiger partial charge is 0.270 e. The second-order valence-corrected chi connectivity index (χ2v) is 7.04. The molecule has 0 amide bonds. The van der Waals surface area contributed by atoms with Crippen molar-refractivity contribution in [1.82, 2.24) is 14.8 Å². The third-order valence-corrected chi connectivity index (χ3v) is 5.02. The lowest BCUT2D eigenvalue weighted by Crippen LogP contribution is -2.02. The van der Waals surface area contributed by atoms with Gasteiger partial charge in [0.05, 0.1) is 11.8 Å². The maximum absolute atomic E-state index is 8.70. The number of halogens is 1. The number of hydrogen-bond acceptors (Lipinski definition) is 4. The van der Waals surface area contributed by atoms with Crippen LogP contribution < -0.4 is 0 Å². The van der Waals surface area contributed by atoms with E-state index in [1.165, 1.54) is 0 Å². The number of nitriles is 1. The average Bonchev–Trinajstić information content (AvgIpc) is 3.03. The van der Waals surface area contributed by atoms with Crippen LogP contribution in [0.15, 0.2) is 53.7 Å². The van der Waals surface area contributed by atoms with Gasteiger partial charge in [-0.1, -0.05) is 41.6 Å². The van der Waals surface area contributed by atoms with Crippen LogP contribution in [0.25, 0.3) is 17.1 Å². The molecule has 25 heavy (non-hydrogen) atoms. The smallest absolute Gasteiger partial charge is 0.196 e. The van der Waals surface area contributed by atoms with Crippen LogP contribution >= 0.6 is 23.4 Å². The van der Waals surface area contributed by atoms with E-state index in [4.69, 9.17) is 16.9 Å². The molecule has 3 rings (SSSR count). The maximum atomic E-state index is 8.70. The van der Waals surface area contributed by atoms with Gasteiger partial charge in [-0.3, -0.25) is 4.57 Å². The van der Waals surface area contributed by atoms with Gasteiger partial charge in [-0.2, -0.15) is 5.26 Å². The summed E-state index contributed by atoms with van der Waals surface area (Å²) in [6.45, 7) is 2.07. The van der Waals surface area contributed by atoms with E-state index < -0.39 is 0 Å². The van der Waals surface area contributed by atoms with Gasteiger partial charge in [0, 0.05) is 22.8 Å². The molecular weight excluding hydrogens is 352 g/mol. The third kappa shape index (κ3) is 4.04. The van der Waals surface area contributed by atoms with Gasteiger partial charge in [-0.05, 0) is 49.2 Å². The Bertz CT molecular complexity index is 897. The highest BCUT2D eigenvalue weighted by atomic mass is 35.5. The van der Waals surface area contributed by atoms with Gasteiger partial charge < -0.3 is 0 Å². The van der Waals surface area contributed by atoms with E-state index in [1.807, 2.05) is 36.4 Å². The van der Waals surface area contributed by atoms with Crippen molar-refractivity contribution in [1.29, 1.82) is 5.26 Å². The van der Waals surface area contributed by atoms with E-state index in [-0.39, 0.29) is 0 Å². The Kier molecular flexibility index (Phi) is 5.75. The fourth-order valence-corrected chi connectivity index (χ4v) is 3.51. The van der Waals surface area contributed by atoms with Gasteiger partial charge in [0.2, 0.25) is 0 Å². The number of rotatable bonds is 6. The van der Waals surface area contributed by atoms with Crippen molar-refractivity contribution in [2.45, 2.75) is 24.9 Å². The lowest BCUT2D eigenvalue weighted by atomic mass is 10.1. The second-order valence-electron chi connectivity index (χ2n) is 5.55. The van der Waals surface area contributed by atoms with Crippen molar-refractivity contribution in [3.8, 4) is 23.1 Å². The zero-order valence-electron chi connectivity index (χ0n) is 13.8. The molecule has 3 aromatic rings. The van der Waals surface area contributed by atoms with E-state index >= 15 is 0 Å². The summed E-state index contributed by atoms with van der Waals surface area (Å²) in [4.78, 5) is 0. The number of nitrogens with zero attached hydrogens (tertiary/aromatic N) is 4. The lowest BCUT2D eigenvalue weighted by Gasteiger charge is -2.12. The molecule has 126 valence electrons. The highest BCUT2D eigenvalue weighted by Crippen LogP contribution is 2.30. The van der Waals surface area contributed by atoms with E-state index in [0.717, 1.165) is 40.0 Å². The lowest BCUT2D eigenvalue weighted by molar-refractivity contribution is 0.875. The standard InChI is InChI=1S/C19H17ClN4S/c1-14-6-2-3-7-17(14)24-18(15-8-10-16(20)11-9-15)22-23-19(24)25-13-5-4-12-21/h2-3,6-11H,4-5,13H2,1H3. The van der Waals surface area contributed by atoms with Crippen LogP contribution in [0.1, 0.15) is 18.4 Å². The predicted octanol–water partition coefficient (Wildman–Crippen LogP) is 5.29. The van der Waals surface area contributed by atoms with E-state index in [1.54, 1.807) is 11.8 Å². The van der Waals surface area contributed by atoms with Gasteiger partial charge in [0.15, 0.2) is 11.0 Å². The molecule has 0 saturated heterocycles. The summed E-state index contributed by atoms with van der Waals surface area (Å²) in [6, 6.07) is 18.0. The Morgan fingerprint density at radius 2 is 1.88 bits per heavy atom. The molecule has 2 aromatic carbocycles. The monoisotopic (exact) mass is 368 g/mol. The molecule has 0 aliphatic heterocycles. The summed E-state index contributed by atoms with van der Waals surface area (Å²) in [7, 11) is 0. The van der Waals surface area contributed by atoms with Crippen molar-refractivity contribution in [2.75, 3.05) is 5.75 Å². The minimum Gasteiger partial charge on any atom is -0.270 e. The summed E-state index contributed by atoms with van der Waals surface area (Å²) >= 11 is 7.63. The highest BCUT2D eigenvalue weighted by molar-refractivity contribution is 7.99. The fraction of sp³-hybridized carbons (Fsp3) is 0.211. The molecule has 0 saturated carbocycles. The molecule has 1 aromatic heterocycles. The number of hydrogen-bond donors (Lipinski definition) is 0. The Morgan fingerprint density at radius 3 is 2.60 bits per heavy atom. The Morgan fingerprint density at radius 1 is 1.12 bits per heavy atom. The zero-order valence-corrected chi connectivity index (χ0v) is 15.4. The topological polar surface area (TPSA) is 54.5 Å². The van der Waals surface area contributed by atoms with Gasteiger partial charge in [0.25, 0.3) is 0 Å². The number of unbranched alkanes of at least 4 members (excludes halogenated alkanes) is 1. The molecular formula is C19H17ClN4S. The van der Waals surface area contributed by atoms with E-state index in [9.17, 15) is 0 Å². The Hall–Kier alpha value is -2.29. The van der Waals surface area contributed by atoms with E-state index in [2.05, 4.69) is 39.9 Å². The van der Waals surface area contributed by atoms with Crippen LogP contribution in [0.3, 0.4) is 0 Å². The maximum Gasteiger partial charge on any atom is 0.196 e. The van der Waals surface area contributed by atoms with Crippen LogP contribution in [0.2, 0.25) is 5.02 Å². The van der Waals surface area contributed by atoms with Crippen LogP contribution in [-0.4, -0.2) is 20.5 Å². The fourth-order valence-electron chi connectivity index (χ4n) is 2.50. The molecule has 0 N–H and O–H groups in total. The van der Waals surface area contributed by atoms with Crippen molar-refractivity contribution in [2.24, 2.45) is 0 Å². The molecule has 1 heterocycles. The molecule has 0 fully saturated rings. The first-order valence-corrected chi connectivity index (χ1v) is 9.34. The Balaban J connectivity index is 2.04. The van der Waals surface area contributed by atoms with Crippen molar-refractivity contribution in [3.63, 3.8) is 0 Å². The molecule has 0 spiro atoms. The van der Waals surface area contributed by atoms with Crippen LogP contribution in [-0.2, 0) is 0 Å². The first-order chi connectivity index (χ1) is 12.2. The zero-order chi connectivity index (χ0) is 17.6. The quantitative estimate of drug-likeness (QED) is 0.438. The molecule has 0 unspecified atom stereocenters. The number of benzene rings is 2. The summed E-state index contributed by atoms with van der Waals surface area (Å²) in [5, 5.41) is 19.0. The molecule has 4 nitrogen and oxygen atoms in total. The first-order valence-electron chi connectivity index (χ1n) is 7.98. The number of thioether (sulfide) groups is 1. The summed E-state index contributed by atoms with van der Waals surface area (Å²) in [5.74, 6) is 1.62. The SMILES string of the molecule is Cc1ccccc1-n1c(SCCCC#N)nnc1-c1ccc(Cl)cc1. The average molecular weight is 369 g/mol. The molecule has 6 heteroatoms. The number of para-hydroxylation sites is 1. The summed E-state index contributed by atoms with van der Waals surface area (Å²) < 4.78 is 2.08. The third-order valence-electron chi connectivity index (χ3n) is 3.76. The summed E-state index contributed by atoms with van der Waals surface area (Å²) in [5.41, 5.74) is 3.17. The highest BCUT2D eigenvalue weighted by Gasteiger charge is 2.17. The molecule has 0 radical (unpaired) electrons. The first kappa shape index (κ1) is 17.5. The molecule has 0 aliphatic carbocycles. The molecule has 0 atom stereocenters. The molecule has 0 aliphatic rings. The van der Waals surface area contributed by atoms with Crippen molar-refractivity contribution < 1.29 is 0 Å². The minimum atomic E-state index is 0.551. The van der Waals surface area contributed by atoms with Crippen molar-refractivity contribution >= 4 is 23.4 Å². The summed E-state index contributed by atoms with van der Waals surface area (Å²) in [6.07, 6.45) is 1.38. The minimum absolute atomic E-state index is 0.551. The van der Waals surface area contributed by atoms with Gasteiger partial charge in [0.1, 0.15) is 0 Å². The van der Waals surface area contributed by atoms with Crippen LogP contribution in [0.5, 0.6) is 0 Å². The Labute approximate surface area is 156 Å². The van der Waals surface area contributed by atoms with E-state index in [0.29, 0.717) is 11.4 Å². The second kappa shape index (κ2) is 8.19. The van der Waals surface area contributed by atoms with Gasteiger partial charge >= 0.3 is 0 Å². The van der Waals surface area contributed by atoms with Gasteiger partial charge in [-0.25, -0.2) is 0 Å². The van der Waals surface area contributed by atoms with Crippen molar-refractivity contribution in [3.05, 3.63) is 59.1 Å². The van der Waals surface area contributed by atoms with Crippen LogP contribution in [0, 0.1) is 18.3 Å². The normalized spacial score (nSPS) is 10.6. The molecule has 0 bridgehead atoms. The predicted molar refractivity (Wildman–Crippen MR) is 102 cm³/mol. The number of aryl methyl sites for hydroxylation is 1.